The van der Waals surface area contributed by atoms with Crippen molar-refractivity contribution in [2.45, 2.75) is 12.8 Å². The minimum absolute atomic E-state index is 0.123. The summed E-state index contributed by atoms with van der Waals surface area (Å²) >= 11 is 1.44. The van der Waals surface area contributed by atoms with E-state index in [1.54, 1.807) is 34.5 Å². The van der Waals surface area contributed by atoms with Crippen LogP contribution in [0, 0.1) is 5.82 Å². The summed E-state index contributed by atoms with van der Waals surface area (Å²) < 4.78 is 18.9. The monoisotopic (exact) mass is 433 g/mol. The zero-order valence-corrected chi connectivity index (χ0v) is 17.3. The zero-order valence-electron chi connectivity index (χ0n) is 16.5. The van der Waals surface area contributed by atoms with Gasteiger partial charge in [0.25, 0.3) is 11.8 Å². The molecule has 0 radical (unpaired) electrons. The van der Waals surface area contributed by atoms with Crippen LogP contribution in [0.5, 0.6) is 0 Å². The van der Waals surface area contributed by atoms with E-state index in [0.717, 1.165) is 0 Å². The van der Waals surface area contributed by atoms with Crippen LogP contribution in [-0.2, 0) is 14.3 Å². The maximum atomic E-state index is 13.9. The number of nitrogens with zero attached hydrogens (tertiary/aromatic N) is 2. The van der Waals surface area contributed by atoms with E-state index in [1.807, 2.05) is 10.3 Å². The van der Waals surface area contributed by atoms with E-state index < -0.39 is 5.97 Å². The first-order valence-corrected chi connectivity index (χ1v) is 10.7. The van der Waals surface area contributed by atoms with E-state index in [9.17, 15) is 18.8 Å². The minimum atomic E-state index is -0.474. The van der Waals surface area contributed by atoms with Gasteiger partial charge in [0.2, 0.25) is 0 Å². The number of nitrogens with one attached hydrogen (secondary N) is 1. The summed E-state index contributed by atoms with van der Waals surface area (Å²) in [4.78, 5) is 39.4. The third kappa shape index (κ3) is 6.03. The fraction of sp³-hybridized carbons (Fsp3) is 0.381. The molecule has 160 valence electrons. The lowest BCUT2D eigenvalue weighted by Gasteiger charge is -2.36. The first-order valence-electron chi connectivity index (χ1n) is 9.78. The summed E-state index contributed by atoms with van der Waals surface area (Å²) in [5, 5.41) is 6.31. The molecule has 30 heavy (non-hydrogen) atoms. The Balaban J connectivity index is 1.30. The molecule has 1 aliphatic heterocycles. The molecule has 0 unspecified atom stereocenters. The van der Waals surface area contributed by atoms with E-state index >= 15 is 0 Å². The molecule has 1 aromatic heterocycles. The van der Waals surface area contributed by atoms with Crippen LogP contribution < -0.4 is 10.2 Å². The molecule has 9 heteroatoms. The molecule has 0 bridgehead atoms. The first kappa shape index (κ1) is 21.8. The molecular formula is C21H24FN3O4S. The molecule has 1 saturated heterocycles. The van der Waals surface area contributed by atoms with Gasteiger partial charge in [0, 0.05) is 50.1 Å². The summed E-state index contributed by atoms with van der Waals surface area (Å²) in [5.74, 6) is -1.19. The highest BCUT2D eigenvalue weighted by atomic mass is 32.1. The third-order valence-electron chi connectivity index (χ3n) is 4.81. The van der Waals surface area contributed by atoms with Crippen molar-refractivity contribution in [3.05, 3.63) is 52.5 Å². The molecule has 2 aromatic rings. The Bertz CT molecular complexity index is 867. The summed E-state index contributed by atoms with van der Waals surface area (Å²) in [6.07, 6.45) is 0.558. The molecule has 0 spiro atoms. The van der Waals surface area contributed by atoms with E-state index in [1.165, 1.54) is 17.4 Å². The minimum Gasteiger partial charge on any atom is -0.456 e. The van der Waals surface area contributed by atoms with E-state index in [0.29, 0.717) is 50.4 Å². The predicted octanol–water partition coefficient (Wildman–Crippen LogP) is 2.29. The van der Waals surface area contributed by atoms with Crippen LogP contribution in [0.4, 0.5) is 10.1 Å². The number of carbonyl (C=O) groups excluding carboxylic acids is 3. The van der Waals surface area contributed by atoms with Crippen molar-refractivity contribution in [3.63, 3.8) is 0 Å². The van der Waals surface area contributed by atoms with Crippen molar-refractivity contribution in [2.75, 3.05) is 44.2 Å². The van der Waals surface area contributed by atoms with Gasteiger partial charge >= 0.3 is 5.97 Å². The number of thiophene rings is 1. The standard InChI is InChI=1S/C21H24FN3O4S/c22-17-4-1-2-5-18(17)24-9-11-25(12-10-24)19(26)14-29-20(27)6-3-8-23-21(28)16-7-13-30-15-16/h1-2,4-5,7,13,15H,3,6,8-12,14H2,(H,23,28). The Morgan fingerprint density at radius 1 is 1.10 bits per heavy atom. The number of hydrogen-bond acceptors (Lipinski definition) is 6. The van der Waals surface area contributed by atoms with Crippen molar-refractivity contribution in [1.82, 2.24) is 10.2 Å². The largest absolute Gasteiger partial charge is 0.456 e. The Morgan fingerprint density at radius 3 is 2.57 bits per heavy atom. The smallest absolute Gasteiger partial charge is 0.306 e. The van der Waals surface area contributed by atoms with Gasteiger partial charge in [0.15, 0.2) is 6.61 Å². The Kier molecular flexibility index (Phi) is 7.78. The van der Waals surface area contributed by atoms with Crippen LogP contribution in [0.25, 0.3) is 0 Å². The van der Waals surface area contributed by atoms with Crippen molar-refractivity contribution in [1.29, 1.82) is 0 Å². The van der Waals surface area contributed by atoms with Gasteiger partial charge in [0.1, 0.15) is 5.82 Å². The average molecular weight is 434 g/mol. The van der Waals surface area contributed by atoms with Crippen LogP contribution in [0.3, 0.4) is 0 Å². The first-order chi connectivity index (χ1) is 14.5. The molecule has 2 heterocycles. The number of piperazine rings is 1. The van der Waals surface area contributed by atoms with Gasteiger partial charge in [-0.05, 0) is 30.0 Å². The lowest BCUT2D eigenvalue weighted by atomic mass is 10.2. The molecule has 0 atom stereocenters. The van der Waals surface area contributed by atoms with Crippen LogP contribution in [0.15, 0.2) is 41.1 Å². The summed E-state index contributed by atoms with van der Waals surface area (Å²) in [5.41, 5.74) is 1.13. The van der Waals surface area contributed by atoms with Crippen LogP contribution in [0.2, 0.25) is 0 Å². The Morgan fingerprint density at radius 2 is 1.87 bits per heavy atom. The molecule has 1 aromatic carbocycles. The Labute approximate surface area is 178 Å². The average Bonchev–Trinajstić information content (AvgIpc) is 3.30. The third-order valence-corrected chi connectivity index (χ3v) is 5.49. The number of hydrogen-bond donors (Lipinski definition) is 1. The number of amides is 2. The maximum absolute atomic E-state index is 13.9. The number of benzene rings is 1. The number of halogens is 1. The lowest BCUT2D eigenvalue weighted by Crippen LogP contribution is -2.50. The molecule has 1 fully saturated rings. The fourth-order valence-corrected chi connectivity index (χ4v) is 3.78. The summed E-state index contributed by atoms with van der Waals surface area (Å²) in [7, 11) is 0. The van der Waals surface area contributed by atoms with Gasteiger partial charge in [0.05, 0.1) is 5.69 Å². The molecule has 2 amide bonds. The van der Waals surface area contributed by atoms with E-state index in [2.05, 4.69) is 5.32 Å². The van der Waals surface area contributed by atoms with Crippen molar-refractivity contribution >= 4 is 34.8 Å². The number of carbonyl (C=O) groups is 3. The number of para-hydroxylation sites is 1. The quantitative estimate of drug-likeness (QED) is 0.511. The highest BCUT2D eigenvalue weighted by molar-refractivity contribution is 7.08. The summed E-state index contributed by atoms with van der Waals surface area (Å²) in [6, 6.07) is 8.29. The topological polar surface area (TPSA) is 78.9 Å². The van der Waals surface area contributed by atoms with Crippen LogP contribution >= 0.6 is 11.3 Å². The maximum Gasteiger partial charge on any atom is 0.306 e. The van der Waals surface area contributed by atoms with Gasteiger partial charge in [-0.3, -0.25) is 14.4 Å². The van der Waals surface area contributed by atoms with Crippen molar-refractivity contribution < 1.29 is 23.5 Å². The molecular weight excluding hydrogens is 409 g/mol. The highest BCUT2D eigenvalue weighted by Gasteiger charge is 2.23. The van der Waals surface area contributed by atoms with E-state index in [-0.39, 0.29) is 30.7 Å². The van der Waals surface area contributed by atoms with Gasteiger partial charge in [-0.25, -0.2) is 4.39 Å². The normalized spacial score (nSPS) is 13.8. The molecule has 7 nitrogen and oxygen atoms in total. The second-order valence-corrected chi connectivity index (χ2v) is 7.63. The van der Waals surface area contributed by atoms with Gasteiger partial charge in [-0.15, -0.1) is 0 Å². The van der Waals surface area contributed by atoms with Crippen molar-refractivity contribution in [2.24, 2.45) is 0 Å². The fourth-order valence-electron chi connectivity index (χ4n) is 3.14. The highest BCUT2D eigenvalue weighted by Crippen LogP contribution is 2.20. The lowest BCUT2D eigenvalue weighted by molar-refractivity contribution is -0.152. The Hall–Kier alpha value is -2.94. The second-order valence-electron chi connectivity index (χ2n) is 6.85. The molecule has 0 aliphatic carbocycles. The summed E-state index contributed by atoms with van der Waals surface area (Å²) in [6.45, 7) is 1.98. The number of ether oxygens (including phenoxy) is 1. The van der Waals surface area contributed by atoms with Crippen LogP contribution in [0.1, 0.15) is 23.2 Å². The predicted molar refractivity (Wildman–Crippen MR) is 112 cm³/mol. The molecule has 1 N–H and O–H groups in total. The molecule has 0 saturated carbocycles. The zero-order chi connectivity index (χ0) is 21.3. The molecule has 1 aliphatic rings. The van der Waals surface area contributed by atoms with Crippen LogP contribution in [-0.4, -0.2) is 62.0 Å². The van der Waals surface area contributed by atoms with Gasteiger partial charge in [-0.1, -0.05) is 12.1 Å². The molecule has 3 rings (SSSR count). The van der Waals surface area contributed by atoms with Crippen molar-refractivity contribution in [3.8, 4) is 0 Å². The van der Waals surface area contributed by atoms with Gasteiger partial charge in [-0.2, -0.15) is 11.3 Å². The van der Waals surface area contributed by atoms with E-state index in [4.69, 9.17) is 4.74 Å². The SMILES string of the molecule is O=C(CCCNC(=O)c1ccsc1)OCC(=O)N1CCN(c2ccccc2F)CC1. The number of rotatable bonds is 8. The number of anilines is 1. The second kappa shape index (κ2) is 10.7. The number of esters is 1. The van der Waals surface area contributed by atoms with Gasteiger partial charge < -0.3 is 19.9 Å².